The minimum atomic E-state index is -0.206. The highest BCUT2D eigenvalue weighted by molar-refractivity contribution is 7.98. The molecule has 0 saturated carbocycles. The van der Waals surface area contributed by atoms with Crippen LogP contribution in [0.2, 0.25) is 0 Å². The van der Waals surface area contributed by atoms with Gasteiger partial charge in [0.15, 0.2) is 0 Å². The molecular weight excluding hydrogens is 510 g/mol. The third-order valence-corrected chi connectivity index (χ3v) is 7.79. The Balaban J connectivity index is 1.41. The molecule has 3 aliphatic heterocycles. The summed E-state index contributed by atoms with van der Waals surface area (Å²) in [6.07, 6.45) is 15.7. The van der Waals surface area contributed by atoms with Gasteiger partial charge in [-0.15, -0.1) is 11.8 Å². The van der Waals surface area contributed by atoms with Crippen LogP contribution in [0.15, 0.2) is 87.2 Å². The van der Waals surface area contributed by atoms with E-state index in [4.69, 9.17) is 15.5 Å². The van der Waals surface area contributed by atoms with E-state index in [2.05, 4.69) is 22.9 Å². The number of allylic oxidation sites excluding steroid dienone is 1. The highest BCUT2D eigenvalue weighted by atomic mass is 32.2. The predicted octanol–water partition coefficient (Wildman–Crippen LogP) is 3.12. The van der Waals surface area contributed by atoms with E-state index in [0.29, 0.717) is 23.5 Å². The molecule has 3 aliphatic rings. The van der Waals surface area contributed by atoms with Crippen molar-refractivity contribution in [2.24, 2.45) is 10.7 Å². The molecule has 4 rings (SSSR count). The number of hydrogen-bond acceptors (Lipinski definition) is 8. The first-order chi connectivity index (χ1) is 18.9. The molecular formula is C30H39N5O3S. The van der Waals surface area contributed by atoms with Gasteiger partial charge in [-0.25, -0.2) is 0 Å². The maximum Gasteiger partial charge on any atom is 0.251 e. The normalized spacial score (nSPS) is 23.9. The Morgan fingerprint density at radius 3 is 3.00 bits per heavy atom. The fourth-order valence-corrected chi connectivity index (χ4v) is 5.26. The number of fused-ring (bicyclic) bond motifs is 1. The van der Waals surface area contributed by atoms with Crippen LogP contribution in [-0.4, -0.2) is 67.5 Å². The lowest BCUT2D eigenvalue weighted by atomic mass is 9.99. The number of hydrogen-bond donors (Lipinski definition) is 5. The molecule has 1 aromatic rings. The zero-order valence-electron chi connectivity index (χ0n) is 22.9. The van der Waals surface area contributed by atoms with Crippen molar-refractivity contribution >= 4 is 23.4 Å². The maximum absolute atomic E-state index is 12.7. The molecule has 1 fully saturated rings. The molecule has 0 bridgehead atoms. The Morgan fingerprint density at radius 1 is 1.36 bits per heavy atom. The number of aliphatic imine (C=N–C) groups is 1. The number of amides is 1. The van der Waals surface area contributed by atoms with Gasteiger partial charge in [-0.2, -0.15) is 0 Å². The number of nitrogens with one attached hydrogen (secondary N) is 3. The third-order valence-electron chi connectivity index (χ3n) is 6.91. The van der Waals surface area contributed by atoms with Crippen LogP contribution in [-0.2, 0) is 4.74 Å². The fraction of sp³-hybridized carbons (Fsp3) is 0.400. The first kappa shape index (κ1) is 28.9. The minimum Gasteiger partial charge on any atom is -0.397 e. The van der Waals surface area contributed by atoms with Gasteiger partial charge in [-0.1, -0.05) is 18.2 Å². The van der Waals surface area contributed by atoms with E-state index in [-0.39, 0.29) is 30.7 Å². The van der Waals surface area contributed by atoms with E-state index in [1.54, 1.807) is 17.8 Å². The van der Waals surface area contributed by atoms with E-state index >= 15 is 0 Å². The summed E-state index contributed by atoms with van der Waals surface area (Å²) in [7, 11) is 0. The Bertz CT molecular complexity index is 1250. The summed E-state index contributed by atoms with van der Waals surface area (Å²) >= 11 is 1.63. The van der Waals surface area contributed by atoms with Crippen molar-refractivity contribution in [1.29, 1.82) is 0 Å². The number of rotatable bonds is 8. The molecule has 6 N–H and O–H groups in total. The van der Waals surface area contributed by atoms with E-state index < -0.39 is 0 Å². The number of nitrogens with zero attached hydrogens (tertiary/aromatic N) is 1. The van der Waals surface area contributed by atoms with Gasteiger partial charge >= 0.3 is 0 Å². The van der Waals surface area contributed by atoms with Crippen LogP contribution >= 0.6 is 11.8 Å². The van der Waals surface area contributed by atoms with Gasteiger partial charge in [0.2, 0.25) is 0 Å². The minimum absolute atomic E-state index is 0.108. The average Bonchev–Trinajstić information content (AvgIpc) is 2.94. The molecule has 8 nitrogen and oxygen atoms in total. The largest absolute Gasteiger partial charge is 0.397 e. The molecule has 1 saturated heterocycles. The zero-order chi connectivity index (χ0) is 27.8. The van der Waals surface area contributed by atoms with Gasteiger partial charge in [-0.05, 0) is 80.0 Å². The highest BCUT2D eigenvalue weighted by Gasteiger charge is 2.20. The number of nitrogens with two attached hydrogens (primary N) is 1. The molecule has 39 heavy (non-hydrogen) atoms. The number of aliphatic hydroxyl groups is 1. The summed E-state index contributed by atoms with van der Waals surface area (Å²) in [5.74, 6) is -0.119. The summed E-state index contributed by atoms with van der Waals surface area (Å²) < 4.78 is 5.69. The van der Waals surface area contributed by atoms with Crippen LogP contribution < -0.4 is 21.7 Å². The number of carbonyl (C=O) groups excluding carboxylic acids is 1. The van der Waals surface area contributed by atoms with E-state index in [1.165, 1.54) is 0 Å². The van der Waals surface area contributed by atoms with Gasteiger partial charge in [0.05, 0.1) is 36.7 Å². The number of aryl methyl sites for hydroxylation is 1. The average molecular weight is 550 g/mol. The predicted molar refractivity (Wildman–Crippen MR) is 159 cm³/mol. The Hall–Kier alpha value is -3.11. The fourth-order valence-electron chi connectivity index (χ4n) is 4.63. The van der Waals surface area contributed by atoms with Gasteiger partial charge in [0.1, 0.15) is 0 Å². The van der Waals surface area contributed by atoms with Crippen molar-refractivity contribution < 1.29 is 14.6 Å². The summed E-state index contributed by atoms with van der Waals surface area (Å²) in [5, 5.41) is 19.7. The standard InChI is InChI=1S/C30H39N5O3S/c1-19-6-7-22(13-29(19)39-3)30(37)34-17-25-14-28-23(16-33-25)8-9-27(35-28)26(31)12-21(18-36)11-24-5-4-10-38-20(2)15-32-24/h6-9,11-14,16,20,24,28,32-33,36H,4-5,10,15,17-18,31H2,1-3H3,(H,34,37)/b21-11+,26-12-. The quantitative estimate of drug-likeness (QED) is 0.250. The van der Waals surface area contributed by atoms with Crippen LogP contribution in [0.25, 0.3) is 0 Å². The number of carbonyl (C=O) groups is 1. The number of dihydropyridines is 2. The monoisotopic (exact) mass is 549 g/mol. The van der Waals surface area contributed by atoms with Crippen molar-refractivity contribution in [2.75, 3.05) is 32.6 Å². The topological polar surface area (TPSA) is 121 Å². The lowest BCUT2D eigenvalue weighted by Crippen LogP contribution is -2.37. The molecule has 3 unspecified atom stereocenters. The Kier molecular flexibility index (Phi) is 10.2. The second-order valence-electron chi connectivity index (χ2n) is 9.98. The van der Waals surface area contributed by atoms with Gasteiger partial charge < -0.3 is 31.5 Å². The van der Waals surface area contributed by atoms with Crippen LogP contribution in [0.1, 0.15) is 35.7 Å². The molecule has 3 atom stereocenters. The highest BCUT2D eigenvalue weighted by Crippen LogP contribution is 2.23. The SMILES string of the molecule is CSc1cc(C(=O)NCC2=CC3N=C(/C(N)=C/C(=C\C4CCCOC(C)CN4)CO)C=CC3=CN2)ccc1C. The van der Waals surface area contributed by atoms with E-state index in [1.807, 2.05) is 61.9 Å². The van der Waals surface area contributed by atoms with Crippen LogP contribution in [0, 0.1) is 6.92 Å². The second-order valence-corrected chi connectivity index (χ2v) is 10.8. The second kappa shape index (κ2) is 13.8. The van der Waals surface area contributed by atoms with E-state index in [9.17, 15) is 9.90 Å². The smallest absolute Gasteiger partial charge is 0.251 e. The Morgan fingerprint density at radius 2 is 2.21 bits per heavy atom. The molecule has 0 aliphatic carbocycles. The molecule has 0 spiro atoms. The summed E-state index contributed by atoms with van der Waals surface area (Å²) in [6.45, 7) is 5.85. The van der Waals surface area contributed by atoms with Gasteiger partial charge in [-0.3, -0.25) is 9.79 Å². The van der Waals surface area contributed by atoms with E-state index in [0.717, 1.165) is 53.3 Å². The lowest BCUT2D eigenvalue weighted by molar-refractivity contribution is 0.0521. The number of ether oxygens (including phenoxy) is 1. The van der Waals surface area contributed by atoms with Crippen LogP contribution in [0.3, 0.4) is 0 Å². The third kappa shape index (κ3) is 7.95. The number of aliphatic hydroxyl groups excluding tert-OH is 1. The Labute approximate surface area is 235 Å². The lowest BCUT2D eigenvalue weighted by Gasteiger charge is -2.24. The first-order valence-electron chi connectivity index (χ1n) is 13.4. The van der Waals surface area contributed by atoms with Crippen LogP contribution in [0.5, 0.6) is 0 Å². The van der Waals surface area contributed by atoms with Gasteiger partial charge in [0, 0.05) is 41.5 Å². The van der Waals surface area contributed by atoms with Crippen LogP contribution in [0.4, 0.5) is 0 Å². The summed E-state index contributed by atoms with van der Waals surface area (Å²) in [6, 6.07) is 5.68. The molecule has 0 radical (unpaired) electrons. The summed E-state index contributed by atoms with van der Waals surface area (Å²) in [5.41, 5.74) is 12.0. The molecule has 9 heteroatoms. The van der Waals surface area contributed by atoms with Crippen molar-refractivity contribution in [2.45, 2.75) is 49.8 Å². The number of benzene rings is 1. The molecule has 1 amide bonds. The zero-order valence-corrected chi connectivity index (χ0v) is 23.7. The molecule has 3 heterocycles. The van der Waals surface area contributed by atoms with Crippen molar-refractivity contribution in [3.05, 3.63) is 88.4 Å². The number of thioether (sulfide) groups is 1. The van der Waals surface area contributed by atoms with Crippen molar-refractivity contribution in [1.82, 2.24) is 16.0 Å². The molecule has 1 aromatic carbocycles. The molecule has 208 valence electrons. The van der Waals surface area contributed by atoms with Gasteiger partial charge in [0.25, 0.3) is 5.91 Å². The molecule has 0 aromatic heterocycles. The summed E-state index contributed by atoms with van der Waals surface area (Å²) in [4.78, 5) is 18.7. The maximum atomic E-state index is 12.7. The first-order valence-corrected chi connectivity index (χ1v) is 14.6. The van der Waals surface area contributed by atoms with Crippen molar-refractivity contribution in [3.8, 4) is 0 Å². The van der Waals surface area contributed by atoms with Crippen molar-refractivity contribution in [3.63, 3.8) is 0 Å².